The molecule has 1 aliphatic heterocycles. The highest BCUT2D eigenvalue weighted by Crippen LogP contribution is 2.31. The van der Waals surface area contributed by atoms with Gasteiger partial charge in [-0.3, -0.25) is 15.0 Å². The number of rotatable bonds is 4. The number of furan rings is 1. The van der Waals surface area contributed by atoms with Crippen molar-refractivity contribution in [3.05, 3.63) is 75.6 Å². The molecule has 0 aliphatic carbocycles. The number of fused-ring (bicyclic) bond motifs is 1. The van der Waals surface area contributed by atoms with E-state index < -0.39 is 0 Å². The predicted molar refractivity (Wildman–Crippen MR) is 109 cm³/mol. The second-order valence-corrected chi connectivity index (χ2v) is 8.42. The fraction of sp³-hybridized carbons (Fsp3) is 0.364. The molecule has 4 rings (SSSR count). The van der Waals surface area contributed by atoms with Gasteiger partial charge in [0.15, 0.2) is 0 Å². The van der Waals surface area contributed by atoms with E-state index in [0.717, 1.165) is 42.4 Å². The monoisotopic (exact) mass is 392 g/mol. The van der Waals surface area contributed by atoms with Gasteiger partial charge in [0.25, 0.3) is 5.69 Å². The topological polar surface area (TPSA) is 85.3 Å². The number of aromatic nitrogens is 2. The van der Waals surface area contributed by atoms with Gasteiger partial charge in [-0.25, -0.2) is 9.97 Å². The van der Waals surface area contributed by atoms with E-state index in [4.69, 9.17) is 9.40 Å². The molecule has 0 bridgehead atoms. The molecule has 0 fully saturated rings. The van der Waals surface area contributed by atoms with Gasteiger partial charge in [0, 0.05) is 48.4 Å². The third-order valence-electron chi connectivity index (χ3n) is 5.09. The summed E-state index contributed by atoms with van der Waals surface area (Å²) in [6.45, 7) is 8.65. The number of nitrogens with zero attached hydrogens (tertiary/aromatic N) is 4. The van der Waals surface area contributed by atoms with Crippen LogP contribution in [0, 0.1) is 10.1 Å². The lowest BCUT2D eigenvalue weighted by molar-refractivity contribution is -0.384. The summed E-state index contributed by atoms with van der Waals surface area (Å²) in [7, 11) is 0. The summed E-state index contributed by atoms with van der Waals surface area (Å²) in [4.78, 5) is 22.5. The number of hydrogen-bond acceptors (Lipinski definition) is 6. The van der Waals surface area contributed by atoms with Crippen LogP contribution in [0.4, 0.5) is 5.69 Å². The molecule has 3 heterocycles. The molecule has 7 nitrogen and oxygen atoms in total. The van der Waals surface area contributed by atoms with Gasteiger partial charge in [-0.05, 0) is 18.2 Å². The molecule has 3 aromatic rings. The maximum atomic E-state index is 11.3. The third kappa shape index (κ3) is 4.05. The zero-order chi connectivity index (χ0) is 20.6. The lowest BCUT2D eigenvalue weighted by Gasteiger charge is -2.28. The number of benzene rings is 1. The van der Waals surface area contributed by atoms with Crippen molar-refractivity contribution in [1.82, 2.24) is 14.9 Å². The first-order valence-electron chi connectivity index (χ1n) is 9.71. The predicted octanol–water partition coefficient (Wildman–Crippen LogP) is 4.50. The van der Waals surface area contributed by atoms with Crippen LogP contribution in [0.2, 0.25) is 0 Å². The van der Waals surface area contributed by atoms with Crippen molar-refractivity contribution >= 4 is 5.69 Å². The van der Waals surface area contributed by atoms with Crippen molar-refractivity contribution in [3.63, 3.8) is 0 Å². The molecule has 0 amide bonds. The highest BCUT2D eigenvalue weighted by atomic mass is 16.6. The van der Waals surface area contributed by atoms with Crippen molar-refractivity contribution in [3.8, 4) is 11.3 Å². The van der Waals surface area contributed by atoms with E-state index in [9.17, 15) is 10.1 Å². The minimum Gasteiger partial charge on any atom is -0.459 e. The van der Waals surface area contributed by atoms with Crippen LogP contribution in [0.25, 0.3) is 11.3 Å². The van der Waals surface area contributed by atoms with Crippen molar-refractivity contribution in [2.75, 3.05) is 6.54 Å². The summed E-state index contributed by atoms with van der Waals surface area (Å²) >= 11 is 0. The van der Waals surface area contributed by atoms with Gasteiger partial charge >= 0.3 is 0 Å². The SMILES string of the molecule is CC(C)(C)c1ncc2c(n1)CCN(Cc1ccc(-c3ccccc3[N+](=O)[O-])o1)C2. The Hall–Kier alpha value is -3.06. The van der Waals surface area contributed by atoms with Gasteiger partial charge in [-0.15, -0.1) is 0 Å². The highest BCUT2D eigenvalue weighted by molar-refractivity contribution is 5.69. The molecule has 0 unspecified atom stereocenters. The maximum Gasteiger partial charge on any atom is 0.280 e. The first-order chi connectivity index (χ1) is 13.8. The van der Waals surface area contributed by atoms with Gasteiger partial charge in [0.2, 0.25) is 0 Å². The van der Waals surface area contributed by atoms with Gasteiger partial charge in [-0.1, -0.05) is 32.9 Å². The average molecular weight is 392 g/mol. The first-order valence-corrected chi connectivity index (χ1v) is 9.71. The number of nitro groups is 1. The lowest BCUT2D eigenvalue weighted by Crippen LogP contribution is -2.31. The van der Waals surface area contributed by atoms with E-state index in [2.05, 4.69) is 30.7 Å². The Balaban J connectivity index is 1.49. The lowest BCUT2D eigenvalue weighted by atomic mass is 9.95. The molecule has 0 atom stereocenters. The molecule has 7 heteroatoms. The second kappa shape index (κ2) is 7.40. The zero-order valence-electron chi connectivity index (χ0n) is 16.9. The Morgan fingerprint density at radius 3 is 2.76 bits per heavy atom. The first kappa shape index (κ1) is 19.3. The standard InChI is InChI=1S/C22H24N4O3/c1-22(2,3)21-23-12-15-13-25(11-10-18(15)24-21)14-16-8-9-20(29-16)17-6-4-5-7-19(17)26(27)28/h4-9,12H,10-11,13-14H2,1-3H3. The van der Waals surface area contributed by atoms with Crippen LogP contribution in [0.3, 0.4) is 0 Å². The number of nitro benzene ring substituents is 1. The van der Waals surface area contributed by atoms with Crippen molar-refractivity contribution in [2.45, 2.75) is 45.7 Å². The molecule has 29 heavy (non-hydrogen) atoms. The van der Waals surface area contributed by atoms with Crippen molar-refractivity contribution in [1.29, 1.82) is 0 Å². The fourth-order valence-corrected chi connectivity index (χ4v) is 3.54. The molecular formula is C22H24N4O3. The van der Waals surface area contributed by atoms with Crippen molar-refractivity contribution < 1.29 is 9.34 Å². The molecule has 0 N–H and O–H groups in total. The van der Waals surface area contributed by atoms with E-state index in [-0.39, 0.29) is 16.0 Å². The van der Waals surface area contributed by atoms with Gasteiger partial charge in [-0.2, -0.15) is 0 Å². The molecule has 0 radical (unpaired) electrons. The Labute approximate surface area is 169 Å². The van der Waals surface area contributed by atoms with E-state index in [1.165, 1.54) is 6.07 Å². The summed E-state index contributed by atoms with van der Waals surface area (Å²) < 4.78 is 5.94. The van der Waals surface area contributed by atoms with Gasteiger partial charge in [0.05, 0.1) is 17.0 Å². The highest BCUT2D eigenvalue weighted by Gasteiger charge is 2.24. The van der Waals surface area contributed by atoms with Crippen molar-refractivity contribution in [2.24, 2.45) is 0 Å². The van der Waals surface area contributed by atoms with E-state index in [1.54, 1.807) is 24.3 Å². The second-order valence-electron chi connectivity index (χ2n) is 8.42. The Morgan fingerprint density at radius 1 is 1.21 bits per heavy atom. The summed E-state index contributed by atoms with van der Waals surface area (Å²) in [5, 5.41) is 11.3. The minimum absolute atomic E-state index is 0.0482. The van der Waals surface area contributed by atoms with Crippen LogP contribution in [0.15, 0.2) is 47.0 Å². The summed E-state index contributed by atoms with van der Waals surface area (Å²) in [5.41, 5.74) is 2.76. The quantitative estimate of drug-likeness (QED) is 0.480. The largest absolute Gasteiger partial charge is 0.459 e. The average Bonchev–Trinajstić information content (AvgIpc) is 3.15. The van der Waals surface area contributed by atoms with Gasteiger partial charge in [0.1, 0.15) is 17.3 Å². The molecule has 0 saturated heterocycles. The van der Waals surface area contributed by atoms with Gasteiger partial charge < -0.3 is 4.42 Å². The normalized spacial score (nSPS) is 14.6. The van der Waals surface area contributed by atoms with Crippen LogP contribution in [-0.2, 0) is 24.9 Å². The van der Waals surface area contributed by atoms with E-state index in [1.807, 2.05) is 12.3 Å². The van der Waals surface area contributed by atoms with Crippen LogP contribution >= 0.6 is 0 Å². The summed E-state index contributed by atoms with van der Waals surface area (Å²) in [6, 6.07) is 10.3. The van der Waals surface area contributed by atoms with E-state index in [0.29, 0.717) is 17.9 Å². The van der Waals surface area contributed by atoms with E-state index >= 15 is 0 Å². The molecule has 0 spiro atoms. The third-order valence-corrected chi connectivity index (χ3v) is 5.09. The molecule has 150 valence electrons. The Bertz CT molecular complexity index is 1050. The Kier molecular flexibility index (Phi) is 4.92. The number of para-hydroxylation sites is 1. The molecule has 1 aromatic carbocycles. The smallest absolute Gasteiger partial charge is 0.280 e. The van der Waals surface area contributed by atoms with Crippen LogP contribution in [-0.4, -0.2) is 26.3 Å². The van der Waals surface area contributed by atoms with Crippen LogP contribution < -0.4 is 0 Å². The molecule has 1 aliphatic rings. The fourth-order valence-electron chi connectivity index (χ4n) is 3.54. The zero-order valence-corrected chi connectivity index (χ0v) is 16.9. The van der Waals surface area contributed by atoms with Crippen LogP contribution in [0.1, 0.15) is 43.6 Å². The Morgan fingerprint density at radius 2 is 2.00 bits per heavy atom. The summed E-state index contributed by atoms with van der Waals surface area (Å²) in [6.07, 6.45) is 2.81. The maximum absolute atomic E-state index is 11.3. The molecule has 2 aromatic heterocycles. The minimum atomic E-state index is -0.384. The molecular weight excluding hydrogens is 368 g/mol. The summed E-state index contributed by atoms with van der Waals surface area (Å²) in [5.74, 6) is 2.18. The number of hydrogen-bond donors (Lipinski definition) is 0. The molecule has 0 saturated carbocycles. The van der Waals surface area contributed by atoms with Crippen LogP contribution in [0.5, 0.6) is 0 Å².